The van der Waals surface area contributed by atoms with Gasteiger partial charge in [0, 0.05) is 44.1 Å². The van der Waals surface area contributed by atoms with Crippen molar-refractivity contribution in [2.75, 3.05) is 26.3 Å². The summed E-state index contributed by atoms with van der Waals surface area (Å²) in [5.41, 5.74) is 3.74. The van der Waals surface area contributed by atoms with E-state index < -0.39 is 0 Å². The second kappa shape index (κ2) is 8.31. The Kier molecular flexibility index (Phi) is 5.62. The predicted octanol–water partition coefficient (Wildman–Crippen LogP) is 3.98. The van der Waals surface area contributed by atoms with E-state index in [9.17, 15) is 4.79 Å². The number of amides is 2. The van der Waals surface area contributed by atoms with Crippen LogP contribution in [0.25, 0.3) is 0 Å². The van der Waals surface area contributed by atoms with E-state index in [1.54, 1.807) is 12.4 Å². The second-order valence-electron chi connectivity index (χ2n) is 8.00. The Balaban J connectivity index is 1.50. The van der Waals surface area contributed by atoms with E-state index in [4.69, 9.17) is 4.74 Å². The summed E-state index contributed by atoms with van der Waals surface area (Å²) in [6.45, 7) is 5.11. The van der Waals surface area contributed by atoms with Crippen LogP contribution in [0, 0.1) is 6.92 Å². The third kappa shape index (κ3) is 3.76. The summed E-state index contributed by atoms with van der Waals surface area (Å²) in [5, 5.41) is 3.28. The van der Waals surface area contributed by atoms with E-state index in [1.165, 1.54) is 16.7 Å². The lowest BCUT2D eigenvalue weighted by Gasteiger charge is -2.39. The van der Waals surface area contributed by atoms with Gasteiger partial charge >= 0.3 is 6.03 Å². The van der Waals surface area contributed by atoms with E-state index in [-0.39, 0.29) is 17.5 Å². The zero-order chi connectivity index (χ0) is 19.4. The molecule has 1 unspecified atom stereocenters. The minimum atomic E-state index is -0.0505. The van der Waals surface area contributed by atoms with Gasteiger partial charge in [0.1, 0.15) is 0 Å². The number of hydrogen-bond donors (Lipinski definition) is 1. The maximum Gasteiger partial charge on any atom is 0.317 e. The first kappa shape index (κ1) is 18.9. The molecule has 2 aliphatic heterocycles. The van der Waals surface area contributed by atoms with Crippen LogP contribution in [0.15, 0.2) is 48.8 Å². The normalized spacial score (nSPS) is 21.5. The van der Waals surface area contributed by atoms with Crippen LogP contribution in [0.5, 0.6) is 0 Å². The first-order valence-corrected chi connectivity index (χ1v) is 10.3. The Bertz CT molecular complexity index is 803. The summed E-state index contributed by atoms with van der Waals surface area (Å²) in [6, 6.07) is 12.8. The maximum atomic E-state index is 13.1. The van der Waals surface area contributed by atoms with Gasteiger partial charge in [0.05, 0.1) is 6.04 Å². The van der Waals surface area contributed by atoms with Gasteiger partial charge in [0.2, 0.25) is 0 Å². The summed E-state index contributed by atoms with van der Waals surface area (Å²) in [5.74, 6) is 0. The van der Waals surface area contributed by atoms with Crippen LogP contribution in [0.3, 0.4) is 0 Å². The van der Waals surface area contributed by atoms with Crippen LogP contribution in [0.1, 0.15) is 48.4 Å². The van der Waals surface area contributed by atoms with E-state index >= 15 is 0 Å². The molecule has 2 amide bonds. The van der Waals surface area contributed by atoms with Crippen molar-refractivity contribution < 1.29 is 9.53 Å². The summed E-state index contributed by atoms with van der Waals surface area (Å²) < 4.78 is 5.64. The number of aromatic nitrogens is 1. The van der Waals surface area contributed by atoms with Crippen LogP contribution in [0.4, 0.5) is 4.79 Å². The molecule has 0 aliphatic carbocycles. The zero-order valence-corrected chi connectivity index (χ0v) is 16.6. The monoisotopic (exact) mass is 379 g/mol. The summed E-state index contributed by atoms with van der Waals surface area (Å²) >= 11 is 0. The van der Waals surface area contributed by atoms with Gasteiger partial charge in [0.15, 0.2) is 0 Å². The summed E-state index contributed by atoms with van der Waals surface area (Å²) in [7, 11) is 0. The number of nitrogens with zero attached hydrogens (tertiary/aromatic N) is 2. The third-order valence-electron chi connectivity index (χ3n) is 6.35. The number of nitrogens with one attached hydrogen (secondary N) is 1. The molecule has 5 nitrogen and oxygen atoms in total. The maximum absolute atomic E-state index is 13.1. The molecule has 1 atom stereocenters. The van der Waals surface area contributed by atoms with Crippen molar-refractivity contribution in [1.82, 2.24) is 15.2 Å². The lowest BCUT2D eigenvalue weighted by molar-refractivity contribution is 0.0498. The topological polar surface area (TPSA) is 54.5 Å². The molecule has 148 valence electrons. The number of rotatable bonds is 4. The average molecular weight is 380 g/mol. The highest BCUT2D eigenvalue weighted by Gasteiger charge is 2.37. The summed E-state index contributed by atoms with van der Waals surface area (Å²) in [4.78, 5) is 19.2. The third-order valence-corrected chi connectivity index (χ3v) is 6.35. The standard InChI is InChI=1S/C23H29N3O2/c1-18-5-2-3-6-20(18)23(10-15-28-16-11-23)17-25-22(27)26-14-4-7-21(26)19-8-12-24-13-9-19/h2-3,5-6,8-9,12-13,21H,4,7,10-11,14-17H2,1H3,(H,25,27). The zero-order valence-electron chi connectivity index (χ0n) is 16.6. The molecule has 28 heavy (non-hydrogen) atoms. The van der Waals surface area contributed by atoms with E-state index in [1.807, 2.05) is 17.0 Å². The molecule has 4 rings (SSSR count). The fourth-order valence-corrected chi connectivity index (χ4v) is 4.76. The molecule has 0 saturated carbocycles. The number of benzene rings is 1. The van der Waals surface area contributed by atoms with Gasteiger partial charge < -0.3 is 15.0 Å². The van der Waals surface area contributed by atoms with Gasteiger partial charge in [-0.05, 0) is 61.4 Å². The van der Waals surface area contributed by atoms with Crippen molar-refractivity contribution in [2.24, 2.45) is 0 Å². The first-order valence-electron chi connectivity index (χ1n) is 10.3. The second-order valence-corrected chi connectivity index (χ2v) is 8.00. The number of aryl methyl sites for hydroxylation is 1. The molecule has 2 saturated heterocycles. The van der Waals surface area contributed by atoms with E-state index in [2.05, 4.69) is 41.5 Å². The molecule has 2 aliphatic rings. The molecule has 2 aromatic rings. The van der Waals surface area contributed by atoms with Crippen LogP contribution in [-0.2, 0) is 10.2 Å². The lowest BCUT2D eigenvalue weighted by Crippen LogP contribution is -2.48. The van der Waals surface area contributed by atoms with Crippen molar-refractivity contribution in [3.8, 4) is 0 Å². The van der Waals surface area contributed by atoms with Crippen molar-refractivity contribution >= 4 is 6.03 Å². The lowest BCUT2D eigenvalue weighted by atomic mass is 9.72. The van der Waals surface area contributed by atoms with Crippen molar-refractivity contribution in [3.63, 3.8) is 0 Å². The van der Waals surface area contributed by atoms with E-state index in [0.29, 0.717) is 6.54 Å². The quantitative estimate of drug-likeness (QED) is 0.874. The van der Waals surface area contributed by atoms with Gasteiger partial charge in [-0.25, -0.2) is 4.79 Å². The number of carbonyl (C=O) groups is 1. The van der Waals surface area contributed by atoms with Gasteiger partial charge in [-0.2, -0.15) is 0 Å². The Morgan fingerprint density at radius 1 is 1.21 bits per heavy atom. The van der Waals surface area contributed by atoms with Crippen molar-refractivity contribution in [1.29, 1.82) is 0 Å². The van der Waals surface area contributed by atoms with Crippen LogP contribution < -0.4 is 5.32 Å². The molecule has 3 heterocycles. The Morgan fingerprint density at radius 2 is 1.96 bits per heavy atom. The number of ether oxygens (including phenoxy) is 1. The molecule has 1 N–H and O–H groups in total. The highest BCUT2D eigenvalue weighted by Crippen LogP contribution is 2.37. The summed E-state index contributed by atoms with van der Waals surface area (Å²) in [6.07, 6.45) is 7.53. The fraction of sp³-hybridized carbons (Fsp3) is 0.478. The number of carbonyl (C=O) groups excluding carboxylic acids is 1. The number of likely N-dealkylation sites (tertiary alicyclic amines) is 1. The molecule has 0 bridgehead atoms. The Morgan fingerprint density at radius 3 is 2.71 bits per heavy atom. The molecule has 5 heteroatoms. The van der Waals surface area contributed by atoms with Gasteiger partial charge in [0.25, 0.3) is 0 Å². The first-order chi connectivity index (χ1) is 13.7. The van der Waals surface area contributed by atoms with Crippen LogP contribution in [0.2, 0.25) is 0 Å². The predicted molar refractivity (Wildman–Crippen MR) is 109 cm³/mol. The largest absolute Gasteiger partial charge is 0.381 e. The fourth-order valence-electron chi connectivity index (χ4n) is 4.76. The minimum Gasteiger partial charge on any atom is -0.381 e. The molecule has 0 spiro atoms. The number of pyridine rings is 1. The Labute approximate surface area is 167 Å². The number of hydrogen-bond acceptors (Lipinski definition) is 3. The highest BCUT2D eigenvalue weighted by atomic mass is 16.5. The van der Waals surface area contributed by atoms with Crippen LogP contribution in [-0.4, -0.2) is 42.2 Å². The molecular weight excluding hydrogens is 350 g/mol. The van der Waals surface area contributed by atoms with Crippen LogP contribution >= 0.6 is 0 Å². The van der Waals surface area contributed by atoms with E-state index in [0.717, 1.165) is 45.4 Å². The van der Waals surface area contributed by atoms with Crippen molar-refractivity contribution in [2.45, 2.75) is 44.1 Å². The SMILES string of the molecule is Cc1ccccc1C1(CNC(=O)N2CCCC2c2ccncc2)CCOCC1. The van der Waals surface area contributed by atoms with Gasteiger partial charge in [-0.15, -0.1) is 0 Å². The highest BCUT2D eigenvalue weighted by molar-refractivity contribution is 5.75. The number of urea groups is 1. The van der Waals surface area contributed by atoms with Crippen molar-refractivity contribution in [3.05, 3.63) is 65.5 Å². The Hall–Kier alpha value is -2.40. The molecule has 2 fully saturated rings. The molecular formula is C23H29N3O2. The van der Waals surface area contributed by atoms with Gasteiger partial charge in [-0.1, -0.05) is 24.3 Å². The van der Waals surface area contributed by atoms with Gasteiger partial charge in [-0.3, -0.25) is 4.98 Å². The molecule has 1 aromatic heterocycles. The minimum absolute atomic E-state index is 0.0405. The smallest absolute Gasteiger partial charge is 0.317 e. The molecule has 0 radical (unpaired) electrons. The average Bonchev–Trinajstić information content (AvgIpc) is 3.24. The molecule has 1 aromatic carbocycles.